The molecule has 5 heteroatoms. The van der Waals surface area contributed by atoms with E-state index in [1.54, 1.807) is 13.3 Å². The molecule has 1 aromatic carbocycles. The number of imidazole rings is 1. The summed E-state index contributed by atoms with van der Waals surface area (Å²) in [5, 5.41) is 0. The van der Waals surface area contributed by atoms with Crippen LogP contribution in [0.2, 0.25) is 0 Å². The van der Waals surface area contributed by atoms with E-state index in [0.29, 0.717) is 5.88 Å². The molecule has 0 aliphatic rings. The van der Waals surface area contributed by atoms with E-state index in [9.17, 15) is 0 Å². The molecule has 0 N–H and O–H groups in total. The van der Waals surface area contributed by atoms with Crippen molar-refractivity contribution in [3.63, 3.8) is 0 Å². The molecule has 0 saturated carbocycles. The average Bonchev–Trinajstić information content (AvgIpc) is 3.04. The maximum absolute atomic E-state index is 5.32. The normalized spacial score (nSPS) is 10.6. The lowest BCUT2D eigenvalue weighted by Gasteiger charge is -2.08. The van der Waals surface area contributed by atoms with Crippen LogP contribution < -0.4 is 4.74 Å². The number of nitrogens with zero attached hydrogens (tertiary/aromatic N) is 3. The van der Waals surface area contributed by atoms with Crippen LogP contribution in [0.3, 0.4) is 0 Å². The maximum atomic E-state index is 5.32. The zero-order chi connectivity index (χ0) is 15.4. The Labute approximate surface area is 143 Å². The molecule has 0 unspecified atom stereocenters. The van der Waals surface area contributed by atoms with Crippen LogP contribution in [0.25, 0.3) is 16.8 Å². The standard InChI is InChI=1S/C17H16IN3O/c1-22-17-16(3-2-10-19-17)13-4-6-15(7-5-13)21-11-14(8-9-18)20-12-21/h2-7,10-12H,8-9H2,1H3. The van der Waals surface area contributed by atoms with E-state index in [2.05, 4.69) is 63.0 Å². The lowest BCUT2D eigenvalue weighted by molar-refractivity contribution is 0.399. The highest BCUT2D eigenvalue weighted by molar-refractivity contribution is 14.1. The highest BCUT2D eigenvalue weighted by Gasteiger charge is 2.07. The van der Waals surface area contributed by atoms with Gasteiger partial charge in [0.25, 0.3) is 0 Å². The molecule has 0 aliphatic carbocycles. The summed E-state index contributed by atoms with van der Waals surface area (Å²) in [6, 6.07) is 12.2. The Hall–Kier alpha value is -1.89. The van der Waals surface area contributed by atoms with E-state index in [1.165, 1.54) is 0 Å². The molecule has 0 aliphatic heterocycles. The summed E-state index contributed by atoms with van der Waals surface area (Å²) >= 11 is 2.37. The Kier molecular flexibility index (Phi) is 4.72. The third-order valence-corrected chi connectivity index (χ3v) is 3.97. The Morgan fingerprint density at radius 3 is 2.68 bits per heavy atom. The van der Waals surface area contributed by atoms with Gasteiger partial charge in [-0.05, 0) is 29.8 Å². The molecule has 0 atom stereocenters. The van der Waals surface area contributed by atoms with Crippen molar-refractivity contribution in [3.8, 4) is 22.7 Å². The van der Waals surface area contributed by atoms with Crippen LogP contribution in [0.15, 0.2) is 55.1 Å². The Bertz CT molecular complexity index is 753. The summed E-state index contributed by atoms with van der Waals surface area (Å²) in [5.74, 6) is 0.641. The Balaban J connectivity index is 1.88. The van der Waals surface area contributed by atoms with E-state index in [-0.39, 0.29) is 0 Å². The molecule has 3 aromatic rings. The molecule has 22 heavy (non-hydrogen) atoms. The van der Waals surface area contributed by atoms with Crippen molar-refractivity contribution in [2.24, 2.45) is 0 Å². The predicted octanol–water partition coefficient (Wildman–Crippen LogP) is 3.92. The summed E-state index contributed by atoms with van der Waals surface area (Å²) < 4.78 is 8.44. The fraction of sp³-hybridized carbons (Fsp3) is 0.176. The summed E-state index contributed by atoms with van der Waals surface area (Å²) in [5.41, 5.74) is 4.29. The van der Waals surface area contributed by atoms with Crippen LogP contribution in [0.4, 0.5) is 0 Å². The highest BCUT2D eigenvalue weighted by Crippen LogP contribution is 2.28. The predicted molar refractivity (Wildman–Crippen MR) is 95.9 cm³/mol. The molecular weight excluding hydrogens is 389 g/mol. The van der Waals surface area contributed by atoms with Gasteiger partial charge in [0.05, 0.1) is 19.1 Å². The minimum absolute atomic E-state index is 0.641. The minimum atomic E-state index is 0.641. The zero-order valence-electron chi connectivity index (χ0n) is 12.2. The Morgan fingerprint density at radius 2 is 1.95 bits per heavy atom. The van der Waals surface area contributed by atoms with E-state index in [1.807, 2.05) is 23.0 Å². The number of aryl methyl sites for hydroxylation is 1. The molecule has 2 heterocycles. The minimum Gasteiger partial charge on any atom is -0.481 e. The smallest absolute Gasteiger partial charge is 0.221 e. The van der Waals surface area contributed by atoms with E-state index < -0.39 is 0 Å². The summed E-state index contributed by atoms with van der Waals surface area (Å²) in [7, 11) is 1.64. The molecule has 0 bridgehead atoms. The molecule has 0 spiro atoms. The van der Waals surface area contributed by atoms with Crippen LogP contribution in [-0.2, 0) is 6.42 Å². The van der Waals surface area contributed by atoms with Crippen LogP contribution in [-0.4, -0.2) is 26.1 Å². The fourth-order valence-corrected chi connectivity index (χ4v) is 2.87. The van der Waals surface area contributed by atoms with Gasteiger partial charge in [-0.2, -0.15) is 0 Å². The van der Waals surface area contributed by atoms with Gasteiger partial charge in [0.2, 0.25) is 5.88 Å². The number of ether oxygens (including phenoxy) is 1. The number of rotatable bonds is 5. The number of aromatic nitrogens is 3. The van der Waals surface area contributed by atoms with Crippen LogP contribution in [0.1, 0.15) is 5.69 Å². The quantitative estimate of drug-likeness (QED) is 0.477. The molecule has 3 rings (SSSR count). The molecule has 2 aromatic heterocycles. The van der Waals surface area contributed by atoms with Gasteiger partial charge in [0.1, 0.15) is 0 Å². The summed E-state index contributed by atoms with van der Waals surface area (Å²) in [4.78, 5) is 8.66. The van der Waals surface area contributed by atoms with E-state index >= 15 is 0 Å². The third-order valence-electron chi connectivity index (χ3n) is 3.43. The van der Waals surface area contributed by atoms with Crippen molar-refractivity contribution >= 4 is 22.6 Å². The fourth-order valence-electron chi connectivity index (χ4n) is 2.32. The van der Waals surface area contributed by atoms with E-state index in [0.717, 1.165) is 33.4 Å². The van der Waals surface area contributed by atoms with Gasteiger partial charge in [-0.3, -0.25) is 0 Å². The summed E-state index contributed by atoms with van der Waals surface area (Å²) in [6.45, 7) is 0. The van der Waals surface area contributed by atoms with Gasteiger partial charge >= 0.3 is 0 Å². The second-order valence-corrected chi connectivity index (χ2v) is 5.90. The molecular formula is C17H16IN3O. The van der Waals surface area contributed by atoms with Gasteiger partial charge in [0.15, 0.2) is 0 Å². The topological polar surface area (TPSA) is 39.9 Å². The first kappa shape index (κ1) is 15.0. The van der Waals surface area contributed by atoms with Crippen molar-refractivity contribution in [1.29, 1.82) is 0 Å². The van der Waals surface area contributed by atoms with Crippen molar-refractivity contribution < 1.29 is 4.74 Å². The second-order valence-electron chi connectivity index (χ2n) is 4.82. The van der Waals surface area contributed by atoms with Crippen molar-refractivity contribution in [2.45, 2.75) is 6.42 Å². The number of pyridine rings is 1. The number of alkyl halides is 1. The average molecular weight is 405 g/mol. The SMILES string of the molecule is COc1ncccc1-c1ccc(-n2cnc(CCI)c2)cc1. The number of hydrogen-bond donors (Lipinski definition) is 0. The largest absolute Gasteiger partial charge is 0.481 e. The lowest BCUT2D eigenvalue weighted by atomic mass is 10.1. The monoisotopic (exact) mass is 405 g/mol. The molecule has 0 fully saturated rings. The van der Waals surface area contributed by atoms with E-state index in [4.69, 9.17) is 4.74 Å². The number of methoxy groups -OCH3 is 1. The van der Waals surface area contributed by atoms with Gasteiger partial charge in [-0.25, -0.2) is 9.97 Å². The maximum Gasteiger partial charge on any atom is 0.221 e. The number of halogens is 1. The highest BCUT2D eigenvalue weighted by atomic mass is 127. The molecule has 0 saturated heterocycles. The third kappa shape index (κ3) is 3.14. The molecule has 0 radical (unpaired) electrons. The van der Waals surface area contributed by atoms with Crippen LogP contribution in [0, 0.1) is 0 Å². The first-order valence-electron chi connectivity index (χ1n) is 7.00. The second kappa shape index (κ2) is 6.91. The van der Waals surface area contributed by atoms with Gasteiger partial charge in [0, 0.05) is 34.5 Å². The molecule has 0 amide bonds. The van der Waals surface area contributed by atoms with Crippen molar-refractivity contribution in [2.75, 3.05) is 11.5 Å². The lowest BCUT2D eigenvalue weighted by Crippen LogP contribution is -1.92. The van der Waals surface area contributed by atoms with Crippen molar-refractivity contribution in [3.05, 3.63) is 60.8 Å². The number of hydrogen-bond acceptors (Lipinski definition) is 3. The van der Waals surface area contributed by atoms with Gasteiger partial charge < -0.3 is 9.30 Å². The Morgan fingerprint density at radius 1 is 1.14 bits per heavy atom. The zero-order valence-corrected chi connectivity index (χ0v) is 14.4. The van der Waals surface area contributed by atoms with Gasteiger partial charge in [-0.15, -0.1) is 0 Å². The first-order valence-corrected chi connectivity index (χ1v) is 8.53. The number of benzene rings is 1. The van der Waals surface area contributed by atoms with Gasteiger partial charge in [-0.1, -0.05) is 34.7 Å². The molecule has 4 nitrogen and oxygen atoms in total. The van der Waals surface area contributed by atoms with Crippen molar-refractivity contribution in [1.82, 2.24) is 14.5 Å². The van der Waals surface area contributed by atoms with Crippen LogP contribution >= 0.6 is 22.6 Å². The molecule has 112 valence electrons. The summed E-state index contributed by atoms with van der Waals surface area (Å²) in [6.07, 6.45) is 6.68. The first-order chi connectivity index (χ1) is 10.8. The van der Waals surface area contributed by atoms with Crippen LogP contribution in [0.5, 0.6) is 5.88 Å².